The third-order valence-corrected chi connectivity index (χ3v) is 8.10. The molecule has 0 saturated carbocycles. The first-order chi connectivity index (χ1) is 16.5. The van der Waals surface area contributed by atoms with E-state index in [-0.39, 0.29) is 12.5 Å². The Morgan fingerprint density at radius 2 is 1.72 bits per heavy atom. The number of nitrogens with one attached hydrogen (secondary N) is 1. The molecule has 2 aromatic rings. The number of aryl methyl sites for hydroxylation is 1. The van der Waals surface area contributed by atoms with E-state index >= 15 is 0 Å². The number of anilines is 1. The summed E-state index contributed by atoms with van der Waals surface area (Å²) in [5.41, 5.74) is 1.31. The Kier molecular flexibility index (Phi) is 10.3. The van der Waals surface area contributed by atoms with Crippen molar-refractivity contribution in [1.29, 1.82) is 0 Å². The van der Waals surface area contributed by atoms with Crippen LogP contribution in [0.3, 0.4) is 0 Å². The highest BCUT2D eigenvalue weighted by Crippen LogP contribution is 2.27. The van der Waals surface area contributed by atoms with Gasteiger partial charge in [-0.25, -0.2) is 8.42 Å². The highest BCUT2D eigenvalue weighted by atomic mass is 79.9. The molecular weight excluding hydrogens is 589 g/mol. The number of sulfonamides is 1. The van der Waals surface area contributed by atoms with Crippen LogP contribution in [0.15, 0.2) is 40.9 Å². The fourth-order valence-electron chi connectivity index (χ4n) is 3.60. The summed E-state index contributed by atoms with van der Waals surface area (Å²) in [6.07, 6.45) is 1.37. The minimum atomic E-state index is -3.81. The Labute approximate surface area is 232 Å². The molecule has 2 aromatic carbocycles. The second kappa shape index (κ2) is 12.2. The van der Waals surface area contributed by atoms with Gasteiger partial charge in [-0.3, -0.25) is 13.9 Å². The Balaban J connectivity index is 2.50. The van der Waals surface area contributed by atoms with Gasteiger partial charge in [-0.05, 0) is 75.6 Å². The molecule has 1 atom stereocenters. The maximum atomic E-state index is 13.7. The van der Waals surface area contributed by atoms with E-state index in [9.17, 15) is 18.0 Å². The Hall–Kier alpha value is -1.81. The van der Waals surface area contributed by atoms with Crippen LogP contribution in [0, 0.1) is 6.92 Å². The van der Waals surface area contributed by atoms with Gasteiger partial charge in [0.25, 0.3) is 0 Å². The number of nitrogens with zero attached hydrogens (tertiary/aromatic N) is 2. The van der Waals surface area contributed by atoms with Crippen LogP contribution in [0.25, 0.3) is 0 Å². The van der Waals surface area contributed by atoms with Crippen molar-refractivity contribution in [2.24, 2.45) is 0 Å². The van der Waals surface area contributed by atoms with Crippen molar-refractivity contribution in [3.63, 3.8) is 0 Å². The smallest absolute Gasteiger partial charge is 0.244 e. The van der Waals surface area contributed by atoms with Gasteiger partial charge >= 0.3 is 0 Å². The van der Waals surface area contributed by atoms with E-state index in [1.165, 1.54) is 4.90 Å². The largest absolute Gasteiger partial charge is 0.350 e. The lowest BCUT2D eigenvalue weighted by atomic mass is 10.1. The van der Waals surface area contributed by atoms with Gasteiger partial charge in [0, 0.05) is 16.6 Å². The van der Waals surface area contributed by atoms with Crippen molar-refractivity contribution in [3.8, 4) is 0 Å². The predicted molar refractivity (Wildman–Crippen MR) is 150 cm³/mol. The summed E-state index contributed by atoms with van der Waals surface area (Å²) in [6, 6.07) is 9.17. The van der Waals surface area contributed by atoms with Gasteiger partial charge in [0.1, 0.15) is 12.6 Å². The number of carbonyl (C=O) groups is 2. The molecule has 1 N–H and O–H groups in total. The molecule has 0 aliphatic heterocycles. The zero-order valence-electron chi connectivity index (χ0n) is 21.2. The lowest BCUT2D eigenvalue weighted by molar-refractivity contribution is -0.141. The Morgan fingerprint density at radius 3 is 2.22 bits per heavy atom. The first kappa shape index (κ1) is 30.4. The maximum absolute atomic E-state index is 13.7. The first-order valence-corrected chi connectivity index (χ1v) is 14.7. The van der Waals surface area contributed by atoms with Crippen molar-refractivity contribution in [2.45, 2.75) is 59.2 Å². The monoisotopic (exact) mass is 619 g/mol. The summed E-state index contributed by atoms with van der Waals surface area (Å²) >= 11 is 15.6. The lowest BCUT2D eigenvalue weighted by Gasteiger charge is -2.34. The molecule has 0 radical (unpaired) electrons. The number of hydrogen-bond donors (Lipinski definition) is 1. The molecule has 2 rings (SSSR count). The van der Waals surface area contributed by atoms with Crippen LogP contribution < -0.4 is 9.62 Å². The summed E-state index contributed by atoms with van der Waals surface area (Å²) in [4.78, 5) is 28.3. The second-order valence-corrected chi connectivity index (χ2v) is 13.2. The summed E-state index contributed by atoms with van der Waals surface area (Å²) < 4.78 is 27.3. The topological polar surface area (TPSA) is 86.8 Å². The van der Waals surface area contributed by atoms with Crippen LogP contribution in [-0.2, 0) is 26.2 Å². The van der Waals surface area contributed by atoms with Gasteiger partial charge in [-0.15, -0.1) is 0 Å². The summed E-state index contributed by atoms with van der Waals surface area (Å²) in [5, 5.41) is 3.61. The number of amides is 2. The molecule has 0 fully saturated rings. The van der Waals surface area contributed by atoms with E-state index < -0.39 is 34.1 Å². The first-order valence-electron chi connectivity index (χ1n) is 11.3. The van der Waals surface area contributed by atoms with Crippen molar-refractivity contribution in [1.82, 2.24) is 10.2 Å². The van der Waals surface area contributed by atoms with Crippen LogP contribution in [0.4, 0.5) is 5.69 Å². The molecule has 0 saturated heterocycles. The third kappa shape index (κ3) is 8.36. The number of rotatable bonds is 9. The predicted octanol–water partition coefficient (Wildman–Crippen LogP) is 5.55. The van der Waals surface area contributed by atoms with E-state index in [1.54, 1.807) is 43.3 Å². The molecule has 0 heterocycles. The van der Waals surface area contributed by atoms with E-state index in [1.807, 2.05) is 27.7 Å². The van der Waals surface area contributed by atoms with Gasteiger partial charge in [-0.2, -0.15) is 0 Å². The SMILES string of the molecule is CC[C@H](C(=O)NC(C)(C)C)N(Cc1ccc(Cl)c(Cl)c1)C(=O)CN(c1ccc(Br)c(C)c1)S(C)(=O)=O. The summed E-state index contributed by atoms with van der Waals surface area (Å²) in [5.74, 6) is -0.855. The molecule has 0 aromatic heterocycles. The average Bonchev–Trinajstić information content (AvgIpc) is 2.74. The number of hydrogen-bond acceptors (Lipinski definition) is 4. The van der Waals surface area contributed by atoms with Crippen molar-refractivity contribution in [3.05, 3.63) is 62.0 Å². The number of benzene rings is 2. The Morgan fingerprint density at radius 1 is 1.08 bits per heavy atom. The standard InChI is InChI=1S/C25H32BrCl2N3O4S/c1-7-22(24(33)29-25(3,4)5)30(14-17-8-11-20(27)21(28)13-17)23(32)15-31(36(6,34)35)18-9-10-19(26)16(2)12-18/h8-13,22H,7,14-15H2,1-6H3,(H,29,33)/t22-/m1/s1. The van der Waals surface area contributed by atoms with Gasteiger partial charge in [-0.1, -0.05) is 52.1 Å². The van der Waals surface area contributed by atoms with Crippen LogP contribution in [0.5, 0.6) is 0 Å². The fourth-order valence-corrected chi connectivity index (χ4v) is 5.01. The fraction of sp³-hybridized carbons (Fsp3) is 0.440. The van der Waals surface area contributed by atoms with E-state index in [0.717, 1.165) is 20.6 Å². The molecule has 36 heavy (non-hydrogen) atoms. The van der Waals surface area contributed by atoms with Gasteiger partial charge < -0.3 is 10.2 Å². The Bertz CT molecular complexity index is 1230. The van der Waals surface area contributed by atoms with Gasteiger partial charge in [0.05, 0.1) is 22.0 Å². The molecule has 0 aliphatic carbocycles. The molecule has 0 bridgehead atoms. The molecule has 0 spiro atoms. The lowest BCUT2D eigenvalue weighted by Crippen LogP contribution is -2.55. The minimum absolute atomic E-state index is 0.0444. The maximum Gasteiger partial charge on any atom is 0.244 e. The molecular formula is C25H32BrCl2N3O4S. The van der Waals surface area contributed by atoms with Crippen LogP contribution in [0.2, 0.25) is 10.0 Å². The van der Waals surface area contributed by atoms with E-state index in [0.29, 0.717) is 27.7 Å². The average molecular weight is 621 g/mol. The van der Waals surface area contributed by atoms with Crippen LogP contribution in [0.1, 0.15) is 45.2 Å². The highest BCUT2D eigenvalue weighted by Gasteiger charge is 2.33. The molecule has 2 amide bonds. The summed E-state index contributed by atoms with van der Waals surface area (Å²) in [6.45, 7) is 8.76. The second-order valence-electron chi connectivity index (χ2n) is 9.64. The number of carbonyl (C=O) groups excluding carboxylic acids is 2. The van der Waals surface area contributed by atoms with E-state index in [4.69, 9.17) is 23.2 Å². The number of halogens is 3. The van der Waals surface area contributed by atoms with E-state index in [2.05, 4.69) is 21.2 Å². The van der Waals surface area contributed by atoms with Crippen molar-refractivity contribution < 1.29 is 18.0 Å². The van der Waals surface area contributed by atoms with Crippen LogP contribution in [-0.4, -0.2) is 49.5 Å². The molecule has 0 aliphatic rings. The molecule has 198 valence electrons. The van der Waals surface area contributed by atoms with Crippen molar-refractivity contribution in [2.75, 3.05) is 17.1 Å². The molecule has 7 nitrogen and oxygen atoms in total. The van der Waals surface area contributed by atoms with Crippen molar-refractivity contribution >= 4 is 66.7 Å². The zero-order valence-corrected chi connectivity index (χ0v) is 25.1. The molecule has 0 unspecified atom stereocenters. The quantitative estimate of drug-likeness (QED) is 0.398. The van der Waals surface area contributed by atoms with Gasteiger partial charge in [0.2, 0.25) is 21.8 Å². The zero-order chi connectivity index (χ0) is 27.4. The summed E-state index contributed by atoms with van der Waals surface area (Å²) in [7, 11) is -3.81. The third-order valence-electron chi connectivity index (χ3n) is 5.33. The minimum Gasteiger partial charge on any atom is -0.350 e. The van der Waals surface area contributed by atoms with Crippen LogP contribution >= 0.6 is 39.1 Å². The van der Waals surface area contributed by atoms with Gasteiger partial charge in [0.15, 0.2) is 0 Å². The molecule has 11 heteroatoms. The normalized spacial score (nSPS) is 12.7. The highest BCUT2D eigenvalue weighted by molar-refractivity contribution is 9.10.